The van der Waals surface area contributed by atoms with Crippen molar-refractivity contribution in [1.82, 2.24) is 14.5 Å². The third-order valence-electron chi connectivity index (χ3n) is 5.77. The lowest BCUT2D eigenvalue weighted by Crippen LogP contribution is -2.24. The summed E-state index contributed by atoms with van der Waals surface area (Å²) in [5.74, 6) is 0.362. The predicted octanol–water partition coefficient (Wildman–Crippen LogP) is 3.11. The Labute approximate surface area is 182 Å². The molecule has 1 saturated carbocycles. The summed E-state index contributed by atoms with van der Waals surface area (Å²) >= 11 is 1.62. The zero-order chi connectivity index (χ0) is 21.4. The van der Waals surface area contributed by atoms with Crippen LogP contribution in [0.25, 0.3) is 10.2 Å². The van der Waals surface area contributed by atoms with Gasteiger partial charge in [0.05, 0.1) is 23.6 Å². The molecule has 0 radical (unpaired) electrons. The summed E-state index contributed by atoms with van der Waals surface area (Å²) in [4.78, 5) is 47.8. The molecule has 0 unspecified atom stereocenters. The number of rotatable bonds is 6. The lowest BCUT2D eigenvalue weighted by molar-refractivity contribution is -0.117. The van der Waals surface area contributed by atoms with Crippen LogP contribution in [0.3, 0.4) is 0 Å². The highest BCUT2D eigenvalue weighted by Crippen LogP contribution is 2.33. The van der Waals surface area contributed by atoms with Crippen LogP contribution in [0, 0.1) is 5.92 Å². The fourth-order valence-corrected chi connectivity index (χ4v) is 5.12. The highest BCUT2D eigenvalue weighted by atomic mass is 32.1. The highest BCUT2D eigenvalue weighted by Gasteiger charge is 2.29. The average Bonchev–Trinajstić information content (AvgIpc) is 3.55. The van der Waals surface area contributed by atoms with E-state index >= 15 is 0 Å². The summed E-state index contributed by atoms with van der Waals surface area (Å²) in [5.41, 5.74) is 1.64. The average molecular weight is 438 g/mol. The Morgan fingerprint density at radius 3 is 2.74 bits per heavy atom. The quantitative estimate of drug-likeness (QED) is 0.616. The molecule has 31 heavy (non-hydrogen) atoms. The van der Waals surface area contributed by atoms with Crippen LogP contribution in [-0.2, 0) is 29.0 Å². The van der Waals surface area contributed by atoms with Crippen molar-refractivity contribution in [3.8, 4) is 0 Å². The number of aromatic nitrogens is 3. The number of carbonyl (C=O) groups is 2. The van der Waals surface area contributed by atoms with Crippen molar-refractivity contribution in [1.29, 1.82) is 0 Å². The van der Waals surface area contributed by atoms with Crippen molar-refractivity contribution in [2.24, 2.45) is 5.92 Å². The molecule has 2 amide bonds. The van der Waals surface area contributed by atoms with Gasteiger partial charge < -0.3 is 10.6 Å². The van der Waals surface area contributed by atoms with Gasteiger partial charge in [-0.05, 0) is 56.2 Å². The molecule has 5 rings (SSSR count). The largest absolute Gasteiger partial charge is 0.325 e. The lowest BCUT2D eigenvalue weighted by atomic mass is 9.97. The van der Waals surface area contributed by atoms with Crippen LogP contribution in [0.15, 0.2) is 29.5 Å². The van der Waals surface area contributed by atoms with Crippen LogP contribution >= 0.6 is 11.3 Å². The van der Waals surface area contributed by atoms with Crippen LogP contribution < -0.4 is 16.2 Å². The Morgan fingerprint density at radius 2 is 1.97 bits per heavy atom. The first-order valence-corrected chi connectivity index (χ1v) is 11.5. The number of nitrogens with zero attached hydrogens (tertiary/aromatic N) is 3. The summed E-state index contributed by atoms with van der Waals surface area (Å²) in [7, 11) is 0. The van der Waals surface area contributed by atoms with Crippen molar-refractivity contribution >= 4 is 44.9 Å². The van der Waals surface area contributed by atoms with Gasteiger partial charge in [0.1, 0.15) is 10.6 Å². The van der Waals surface area contributed by atoms with Gasteiger partial charge in [-0.15, -0.1) is 11.3 Å². The fraction of sp³-hybridized carbons (Fsp3) is 0.409. The monoisotopic (exact) mass is 437 g/mol. The Hall–Kier alpha value is -3.07. The van der Waals surface area contributed by atoms with Crippen molar-refractivity contribution in [3.05, 3.63) is 45.5 Å². The van der Waals surface area contributed by atoms with Gasteiger partial charge in [0.25, 0.3) is 5.56 Å². The molecule has 9 heteroatoms. The topological polar surface area (TPSA) is 106 Å². The molecule has 2 N–H and O–H groups in total. The number of nitrogens with one attached hydrogen (secondary N) is 2. The SMILES string of the molecule is O=C(CCn1cnc2sc3c(c2c1=O)CCCC3)Nc1ccc(NC(=O)C2CC2)nc1. The maximum absolute atomic E-state index is 13.0. The second-order valence-electron chi connectivity index (χ2n) is 8.13. The maximum Gasteiger partial charge on any atom is 0.262 e. The number of pyridine rings is 1. The van der Waals surface area contributed by atoms with Crippen molar-refractivity contribution in [2.75, 3.05) is 10.6 Å². The van der Waals surface area contributed by atoms with Crippen LogP contribution in [0.2, 0.25) is 0 Å². The van der Waals surface area contributed by atoms with Gasteiger partial charge in [0.15, 0.2) is 0 Å². The van der Waals surface area contributed by atoms with E-state index in [9.17, 15) is 14.4 Å². The van der Waals surface area contributed by atoms with E-state index in [1.807, 2.05) is 0 Å². The molecule has 0 atom stereocenters. The number of amides is 2. The van der Waals surface area contributed by atoms with E-state index in [-0.39, 0.29) is 36.3 Å². The summed E-state index contributed by atoms with van der Waals surface area (Å²) < 4.78 is 1.53. The Bertz CT molecular complexity index is 1210. The van der Waals surface area contributed by atoms with Crippen LogP contribution in [0.5, 0.6) is 0 Å². The van der Waals surface area contributed by atoms with Gasteiger partial charge in [-0.25, -0.2) is 9.97 Å². The minimum Gasteiger partial charge on any atom is -0.325 e. The van der Waals surface area contributed by atoms with E-state index < -0.39 is 0 Å². The van der Waals surface area contributed by atoms with E-state index in [0.717, 1.165) is 54.3 Å². The van der Waals surface area contributed by atoms with Gasteiger partial charge >= 0.3 is 0 Å². The molecule has 3 aromatic heterocycles. The molecule has 1 fully saturated rings. The molecule has 2 aliphatic rings. The van der Waals surface area contributed by atoms with E-state index in [0.29, 0.717) is 11.5 Å². The third kappa shape index (κ3) is 4.23. The fourth-order valence-electron chi connectivity index (χ4n) is 3.90. The molecular formula is C22H23N5O3S. The number of carbonyl (C=O) groups excluding carboxylic acids is 2. The smallest absolute Gasteiger partial charge is 0.262 e. The molecular weight excluding hydrogens is 414 g/mol. The van der Waals surface area contributed by atoms with Crippen LogP contribution in [-0.4, -0.2) is 26.3 Å². The highest BCUT2D eigenvalue weighted by molar-refractivity contribution is 7.18. The predicted molar refractivity (Wildman–Crippen MR) is 119 cm³/mol. The minimum absolute atomic E-state index is 0.00723. The van der Waals surface area contributed by atoms with Crippen molar-refractivity contribution in [3.63, 3.8) is 0 Å². The van der Waals surface area contributed by atoms with Gasteiger partial charge in [-0.3, -0.25) is 19.0 Å². The number of fused-ring (bicyclic) bond motifs is 3. The van der Waals surface area contributed by atoms with Crippen LogP contribution in [0.4, 0.5) is 11.5 Å². The maximum atomic E-state index is 13.0. The minimum atomic E-state index is -0.212. The van der Waals surface area contributed by atoms with Crippen molar-refractivity contribution < 1.29 is 9.59 Å². The van der Waals surface area contributed by atoms with Crippen molar-refractivity contribution in [2.45, 2.75) is 51.5 Å². The van der Waals surface area contributed by atoms with E-state index in [1.165, 1.54) is 15.6 Å². The van der Waals surface area contributed by atoms with E-state index in [4.69, 9.17) is 0 Å². The Balaban J connectivity index is 1.21. The number of hydrogen-bond donors (Lipinski definition) is 2. The molecule has 0 aromatic carbocycles. The third-order valence-corrected chi connectivity index (χ3v) is 6.97. The van der Waals surface area contributed by atoms with E-state index in [2.05, 4.69) is 20.6 Å². The number of hydrogen-bond acceptors (Lipinski definition) is 6. The number of thiophene rings is 1. The molecule has 0 aliphatic heterocycles. The zero-order valence-corrected chi connectivity index (χ0v) is 17.8. The molecule has 3 heterocycles. The van der Waals surface area contributed by atoms with E-state index in [1.54, 1.807) is 29.8 Å². The van der Waals surface area contributed by atoms with Gasteiger partial charge in [-0.2, -0.15) is 0 Å². The summed E-state index contributed by atoms with van der Waals surface area (Å²) in [5, 5.41) is 6.28. The summed E-state index contributed by atoms with van der Waals surface area (Å²) in [6.07, 6.45) is 9.29. The number of aryl methyl sites for hydroxylation is 3. The summed E-state index contributed by atoms with van der Waals surface area (Å²) in [6, 6.07) is 3.36. The normalized spacial score (nSPS) is 15.5. The number of anilines is 2. The van der Waals surface area contributed by atoms with Gasteiger partial charge in [-0.1, -0.05) is 0 Å². The molecule has 0 spiro atoms. The van der Waals surface area contributed by atoms with Gasteiger partial charge in [0, 0.05) is 23.8 Å². The first kappa shape index (κ1) is 19.9. The van der Waals surface area contributed by atoms with Crippen LogP contribution in [0.1, 0.15) is 42.5 Å². The Morgan fingerprint density at radius 1 is 1.13 bits per heavy atom. The summed E-state index contributed by atoms with van der Waals surface area (Å²) in [6.45, 7) is 0.265. The molecule has 160 valence electrons. The molecule has 2 aliphatic carbocycles. The second-order valence-corrected chi connectivity index (χ2v) is 9.21. The lowest BCUT2D eigenvalue weighted by Gasteiger charge is -2.10. The molecule has 0 bridgehead atoms. The Kier molecular flexibility index (Phi) is 5.27. The standard InChI is InChI=1S/C22H23N5O3S/c28-18(25-14-7-8-17(23-11-14)26-20(29)13-5-6-13)9-10-27-12-24-21-19(22(27)30)15-3-1-2-4-16(15)31-21/h7-8,11-13H,1-6,9-10H2,(H,25,28)(H,23,26,29). The first-order chi connectivity index (χ1) is 15.1. The second kappa shape index (κ2) is 8.22. The first-order valence-electron chi connectivity index (χ1n) is 10.6. The van der Waals surface area contributed by atoms with Gasteiger partial charge in [0.2, 0.25) is 11.8 Å². The molecule has 8 nitrogen and oxygen atoms in total. The molecule has 0 saturated heterocycles. The zero-order valence-electron chi connectivity index (χ0n) is 17.0. The molecule has 3 aromatic rings.